The molecule has 252 valence electrons. The molecular formula is C51H32N2O. The van der Waals surface area contributed by atoms with Crippen molar-refractivity contribution in [2.24, 2.45) is 0 Å². The van der Waals surface area contributed by atoms with E-state index < -0.39 is 5.41 Å². The molecule has 11 rings (SSSR count). The Morgan fingerprint density at radius 2 is 0.981 bits per heavy atom. The maximum atomic E-state index is 6.56. The van der Waals surface area contributed by atoms with Crippen LogP contribution in [0.5, 0.6) is 0 Å². The van der Waals surface area contributed by atoms with E-state index >= 15 is 0 Å². The van der Waals surface area contributed by atoms with E-state index in [1.54, 1.807) is 0 Å². The summed E-state index contributed by atoms with van der Waals surface area (Å²) in [5.41, 5.74) is 13.3. The van der Waals surface area contributed by atoms with Gasteiger partial charge in [-0.05, 0) is 68.4 Å². The van der Waals surface area contributed by atoms with Gasteiger partial charge in [0.25, 0.3) is 0 Å². The number of para-hydroxylation sites is 2. The standard InChI is InChI=1S/C51H32N2O/c1-3-17-35(18-4-1)51(36-19-5-2-6-20-36)44-27-11-9-22-38(44)39-30-29-34(31-45(39)51)46-32-47(43-26-14-24-41-40-23-10-12-28-48(40)54-49(41)43)53-50(52-46)42-25-13-16-33-15-7-8-21-37(33)42/h1-32H. The fourth-order valence-electron chi connectivity index (χ4n) is 8.83. The highest BCUT2D eigenvalue weighted by Gasteiger charge is 2.46. The Morgan fingerprint density at radius 3 is 1.81 bits per heavy atom. The van der Waals surface area contributed by atoms with Gasteiger partial charge in [-0.25, -0.2) is 9.97 Å². The van der Waals surface area contributed by atoms with Crippen LogP contribution in [0, 0.1) is 0 Å². The average molecular weight is 689 g/mol. The molecule has 0 aliphatic heterocycles. The number of hydrogen-bond acceptors (Lipinski definition) is 3. The van der Waals surface area contributed by atoms with Gasteiger partial charge in [0.05, 0.1) is 16.8 Å². The van der Waals surface area contributed by atoms with Gasteiger partial charge in [0.15, 0.2) is 5.82 Å². The van der Waals surface area contributed by atoms with Crippen molar-refractivity contribution in [1.82, 2.24) is 9.97 Å². The Morgan fingerprint density at radius 1 is 0.389 bits per heavy atom. The SMILES string of the molecule is c1ccc(C2(c3ccccc3)c3ccccc3-c3ccc(-c4cc(-c5cccc6c5oc5ccccc56)nc(-c5cccc6ccccc56)n4)cc32)cc1. The summed E-state index contributed by atoms with van der Waals surface area (Å²) in [4.78, 5) is 10.7. The smallest absolute Gasteiger partial charge is 0.161 e. The van der Waals surface area contributed by atoms with E-state index in [-0.39, 0.29) is 0 Å². The van der Waals surface area contributed by atoms with Crippen molar-refractivity contribution in [3.63, 3.8) is 0 Å². The zero-order chi connectivity index (χ0) is 35.6. The third-order valence-corrected chi connectivity index (χ3v) is 11.2. The number of fused-ring (bicyclic) bond motifs is 7. The van der Waals surface area contributed by atoms with Gasteiger partial charge in [0.2, 0.25) is 0 Å². The predicted octanol–water partition coefficient (Wildman–Crippen LogP) is 12.9. The van der Waals surface area contributed by atoms with Crippen LogP contribution in [0.4, 0.5) is 0 Å². The fraction of sp³-hybridized carbons (Fsp3) is 0.0196. The van der Waals surface area contributed by atoms with Crippen molar-refractivity contribution in [3.8, 4) is 45.0 Å². The Labute approximate surface area is 312 Å². The molecule has 0 saturated heterocycles. The van der Waals surface area contributed by atoms with Crippen molar-refractivity contribution in [2.45, 2.75) is 5.41 Å². The summed E-state index contributed by atoms with van der Waals surface area (Å²) >= 11 is 0. The van der Waals surface area contributed by atoms with Crippen LogP contribution < -0.4 is 0 Å². The van der Waals surface area contributed by atoms with Crippen molar-refractivity contribution < 1.29 is 4.42 Å². The molecule has 2 heterocycles. The van der Waals surface area contributed by atoms with Crippen LogP contribution in [0.1, 0.15) is 22.3 Å². The first-order valence-corrected chi connectivity index (χ1v) is 18.4. The molecule has 54 heavy (non-hydrogen) atoms. The maximum absolute atomic E-state index is 6.56. The van der Waals surface area contributed by atoms with Gasteiger partial charge in [-0.15, -0.1) is 0 Å². The monoisotopic (exact) mass is 688 g/mol. The topological polar surface area (TPSA) is 38.9 Å². The first-order valence-electron chi connectivity index (χ1n) is 18.4. The number of hydrogen-bond donors (Lipinski definition) is 0. The van der Waals surface area contributed by atoms with E-state index in [1.165, 1.54) is 33.4 Å². The number of rotatable bonds is 5. The molecule has 2 aromatic heterocycles. The highest BCUT2D eigenvalue weighted by molar-refractivity contribution is 6.09. The number of aromatic nitrogens is 2. The van der Waals surface area contributed by atoms with Crippen LogP contribution in [-0.2, 0) is 5.41 Å². The molecule has 0 amide bonds. The average Bonchev–Trinajstić information content (AvgIpc) is 3.78. The number of benzene rings is 8. The van der Waals surface area contributed by atoms with Gasteiger partial charge in [0.1, 0.15) is 11.2 Å². The minimum atomic E-state index is -0.515. The van der Waals surface area contributed by atoms with Crippen molar-refractivity contribution in [2.75, 3.05) is 0 Å². The normalized spacial score (nSPS) is 13.0. The molecule has 0 fully saturated rings. The molecule has 0 spiro atoms. The molecule has 3 nitrogen and oxygen atoms in total. The molecule has 1 aliphatic carbocycles. The highest BCUT2D eigenvalue weighted by Crippen LogP contribution is 2.56. The highest BCUT2D eigenvalue weighted by atomic mass is 16.3. The van der Waals surface area contributed by atoms with E-state index in [0.717, 1.165) is 60.8 Å². The Bertz CT molecular complexity index is 3010. The second-order valence-electron chi connectivity index (χ2n) is 14.1. The van der Waals surface area contributed by atoms with Gasteiger partial charge < -0.3 is 4.42 Å². The van der Waals surface area contributed by atoms with Gasteiger partial charge in [-0.2, -0.15) is 0 Å². The minimum Gasteiger partial charge on any atom is -0.455 e. The van der Waals surface area contributed by atoms with Crippen molar-refractivity contribution in [3.05, 3.63) is 216 Å². The zero-order valence-corrected chi connectivity index (χ0v) is 29.3. The Kier molecular flexibility index (Phi) is 6.77. The molecule has 0 N–H and O–H groups in total. The largest absolute Gasteiger partial charge is 0.455 e. The Balaban J connectivity index is 1.20. The first-order chi connectivity index (χ1) is 26.8. The first kappa shape index (κ1) is 30.5. The third kappa shape index (κ3) is 4.49. The van der Waals surface area contributed by atoms with E-state index in [4.69, 9.17) is 14.4 Å². The summed E-state index contributed by atoms with van der Waals surface area (Å²) < 4.78 is 6.56. The van der Waals surface area contributed by atoms with Crippen LogP contribution in [0.2, 0.25) is 0 Å². The summed E-state index contributed by atoms with van der Waals surface area (Å²) in [6.45, 7) is 0. The van der Waals surface area contributed by atoms with Crippen LogP contribution >= 0.6 is 0 Å². The van der Waals surface area contributed by atoms with Crippen molar-refractivity contribution >= 4 is 32.7 Å². The van der Waals surface area contributed by atoms with E-state index in [0.29, 0.717) is 5.82 Å². The lowest BCUT2D eigenvalue weighted by atomic mass is 9.67. The van der Waals surface area contributed by atoms with Crippen LogP contribution in [0.25, 0.3) is 77.7 Å². The number of furan rings is 1. The van der Waals surface area contributed by atoms with Gasteiger partial charge in [-0.1, -0.05) is 170 Å². The summed E-state index contributed by atoms with van der Waals surface area (Å²) in [7, 11) is 0. The predicted molar refractivity (Wildman–Crippen MR) is 220 cm³/mol. The Hall–Kier alpha value is -7.10. The van der Waals surface area contributed by atoms with E-state index in [1.807, 2.05) is 12.1 Å². The lowest BCUT2D eigenvalue weighted by Gasteiger charge is -2.34. The lowest BCUT2D eigenvalue weighted by molar-refractivity contribution is 0.670. The van der Waals surface area contributed by atoms with Crippen LogP contribution in [0.3, 0.4) is 0 Å². The summed E-state index contributed by atoms with van der Waals surface area (Å²) in [5, 5.41) is 4.42. The fourth-order valence-corrected chi connectivity index (χ4v) is 8.83. The second-order valence-corrected chi connectivity index (χ2v) is 14.1. The van der Waals surface area contributed by atoms with Crippen molar-refractivity contribution in [1.29, 1.82) is 0 Å². The van der Waals surface area contributed by atoms with Gasteiger partial charge in [-0.3, -0.25) is 0 Å². The molecule has 8 aromatic carbocycles. The summed E-state index contributed by atoms with van der Waals surface area (Å²) in [5.74, 6) is 0.675. The molecular weight excluding hydrogens is 657 g/mol. The lowest BCUT2D eigenvalue weighted by Crippen LogP contribution is -2.28. The van der Waals surface area contributed by atoms with E-state index in [9.17, 15) is 0 Å². The summed E-state index contributed by atoms with van der Waals surface area (Å²) in [6, 6.07) is 69.1. The molecule has 1 aliphatic rings. The third-order valence-electron chi connectivity index (χ3n) is 11.2. The quantitative estimate of drug-likeness (QED) is 0.181. The van der Waals surface area contributed by atoms with E-state index in [2.05, 4.69) is 182 Å². The van der Waals surface area contributed by atoms with Crippen LogP contribution in [0.15, 0.2) is 199 Å². The molecule has 0 unspecified atom stereocenters. The second kappa shape index (κ2) is 12.0. The molecule has 0 saturated carbocycles. The molecule has 3 heteroatoms. The molecule has 0 radical (unpaired) electrons. The van der Waals surface area contributed by atoms with Gasteiger partial charge >= 0.3 is 0 Å². The molecule has 0 atom stereocenters. The minimum absolute atomic E-state index is 0.515. The molecule has 0 bridgehead atoms. The maximum Gasteiger partial charge on any atom is 0.161 e. The van der Waals surface area contributed by atoms with Gasteiger partial charge in [0, 0.05) is 27.5 Å². The van der Waals surface area contributed by atoms with Crippen LogP contribution in [-0.4, -0.2) is 9.97 Å². The zero-order valence-electron chi connectivity index (χ0n) is 29.3. The molecule has 10 aromatic rings. The summed E-state index contributed by atoms with van der Waals surface area (Å²) in [6.07, 6.45) is 0. The number of nitrogens with zero attached hydrogens (tertiary/aromatic N) is 2.